The van der Waals surface area contributed by atoms with Crippen LogP contribution in [0.25, 0.3) is 0 Å². The second-order valence-electron chi connectivity index (χ2n) is 2.05. The topological polar surface area (TPSA) is 42.5 Å². The maximum atomic E-state index is 5.10. The molecule has 0 saturated carbocycles. The van der Waals surface area contributed by atoms with E-state index >= 15 is 0 Å². The molecule has 2 N–H and O–H groups in total. The van der Waals surface area contributed by atoms with Gasteiger partial charge in [0, 0.05) is 0 Å². The predicted molar refractivity (Wildman–Crippen MR) is 39.2 cm³/mol. The summed E-state index contributed by atoms with van der Waals surface area (Å²) in [6.45, 7) is 3.80. The second kappa shape index (κ2) is 7.03. The number of hydrogen-bond donors (Lipinski definition) is 2. The van der Waals surface area contributed by atoms with Crippen LogP contribution < -0.4 is 10.6 Å². The van der Waals surface area contributed by atoms with E-state index in [1.165, 1.54) is 0 Å². The normalized spacial score (nSPS) is 16.7. The predicted octanol–water partition coefficient (Wildman–Crippen LogP) is 0.0629. The van der Waals surface area contributed by atoms with E-state index in [9.17, 15) is 0 Å². The maximum absolute atomic E-state index is 5.10. The fraction of sp³-hybridized carbons (Fsp3) is 1.00. The molecule has 0 aliphatic heterocycles. The van der Waals surface area contributed by atoms with E-state index < -0.39 is 0 Å². The zero-order valence-corrected chi connectivity index (χ0v) is 8.21. The minimum atomic E-state index is -0.000874. The van der Waals surface area contributed by atoms with E-state index in [0.717, 1.165) is 15.6 Å². The molecule has 4 nitrogen and oxygen atoms in total. The summed E-state index contributed by atoms with van der Waals surface area (Å²) in [5.41, 5.74) is 0. The van der Waals surface area contributed by atoms with Gasteiger partial charge in [-0.15, -0.1) is 0 Å². The van der Waals surface area contributed by atoms with Crippen molar-refractivity contribution in [2.24, 2.45) is 0 Å². The van der Waals surface area contributed by atoms with Gasteiger partial charge in [-0.2, -0.15) is 0 Å². The molecule has 0 spiro atoms. The van der Waals surface area contributed by atoms with Crippen LogP contribution >= 0.6 is 0 Å². The zero-order valence-electron chi connectivity index (χ0n) is 7.27. The van der Waals surface area contributed by atoms with Gasteiger partial charge in [0.1, 0.15) is 0 Å². The monoisotopic (exact) mass is 211 g/mol. The minimum absolute atomic E-state index is 0.000874. The van der Waals surface area contributed by atoms with Crippen LogP contribution in [0.3, 0.4) is 0 Å². The average Bonchev–Trinajstić information content (AvgIpc) is 2.04. The van der Waals surface area contributed by atoms with Crippen molar-refractivity contribution in [2.75, 3.05) is 14.1 Å². The second-order valence-corrected chi connectivity index (χ2v) is 2.66. The molecular formula is C6H16CuN2O2. The Kier molecular flexibility index (Phi) is 7.26. The van der Waals surface area contributed by atoms with E-state index in [1.807, 2.05) is 27.9 Å². The standard InChI is InChI=1S/2C3H8NO.Cu/c2*1-3(5)4-2;/h2*3-4H,1-2H3;/q2*-1;+2. The molecule has 0 aromatic heterocycles. The van der Waals surface area contributed by atoms with Gasteiger partial charge in [0.25, 0.3) is 0 Å². The van der Waals surface area contributed by atoms with Crippen LogP contribution in [0.1, 0.15) is 13.8 Å². The van der Waals surface area contributed by atoms with Crippen LogP contribution in [0.4, 0.5) is 0 Å². The Bertz CT molecular complexity index is 84.7. The summed E-state index contributed by atoms with van der Waals surface area (Å²) in [5, 5.41) is 5.82. The quantitative estimate of drug-likeness (QED) is 0.482. The van der Waals surface area contributed by atoms with Crippen LogP contribution in [0.2, 0.25) is 0 Å². The van der Waals surface area contributed by atoms with E-state index in [2.05, 4.69) is 10.6 Å². The molecule has 0 saturated heterocycles. The SMILES string of the molecule is CNC(C)[O][Cu][O]C(C)NC. The van der Waals surface area contributed by atoms with E-state index in [1.54, 1.807) is 0 Å². The molecule has 73 valence electrons. The number of rotatable bonds is 6. The fourth-order valence-electron chi connectivity index (χ4n) is 0.175. The molecule has 2 unspecified atom stereocenters. The van der Waals surface area contributed by atoms with Gasteiger partial charge >= 0.3 is 74.3 Å². The molecule has 0 rings (SSSR count). The van der Waals surface area contributed by atoms with Gasteiger partial charge in [-0.25, -0.2) is 0 Å². The fourth-order valence-corrected chi connectivity index (χ4v) is 0.721. The van der Waals surface area contributed by atoms with E-state index in [-0.39, 0.29) is 12.5 Å². The van der Waals surface area contributed by atoms with Crippen LogP contribution in [-0.4, -0.2) is 26.6 Å². The van der Waals surface area contributed by atoms with Crippen molar-refractivity contribution >= 4 is 0 Å². The van der Waals surface area contributed by atoms with Crippen LogP contribution in [0, 0.1) is 0 Å². The molecule has 0 bridgehead atoms. The van der Waals surface area contributed by atoms with Crippen LogP contribution in [0.5, 0.6) is 0 Å². The summed E-state index contributed by atoms with van der Waals surface area (Å²) in [6.07, 6.45) is -0.00175. The Labute approximate surface area is 74.8 Å². The zero-order chi connectivity index (χ0) is 8.69. The van der Waals surface area contributed by atoms with Gasteiger partial charge in [-0.1, -0.05) is 0 Å². The molecule has 5 heteroatoms. The summed E-state index contributed by atoms with van der Waals surface area (Å²) in [4.78, 5) is 0. The van der Waals surface area contributed by atoms with Gasteiger partial charge in [-0.3, -0.25) is 0 Å². The first-order valence-electron chi connectivity index (χ1n) is 3.45. The molecule has 0 radical (unpaired) electrons. The van der Waals surface area contributed by atoms with Crippen LogP contribution in [-0.2, 0) is 23.3 Å². The molecular weight excluding hydrogens is 196 g/mol. The van der Waals surface area contributed by atoms with Crippen molar-refractivity contribution in [3.8, 4) is 0 Å². The Balaban J connectivity index is 3.13. The Morgan fingerprint density at radius 1 is 1.00 bits per heavy atom. The Morgan fingerprint density at radius 2 is 1.36 bits per heavy atom. The van der Waals surface area contributed by atoms with Crippen molar-refractivity contribution in [2.45, 2.75) is 26.3 Å². The molecule has 0 aromatic rings. The number of hydrogen-bond acceptors (Lipinski definition) is 4. The molecule has 2 atom stereocenters. The van der Waals surface area contributed by atoms with Gasteiger partial charge in [0.2, 0.25) is 0 Å². The van der Waals surface area contributed by atoms with Gasteiger partial charge in [0.05, 0.1) is 0 Å². The van der Waals surface area contributed by atoms with Gasteiger partial charge < -0.3 is 0 Å². The molecule has 0 aliphatic rings. The average molecular weight is 212 g/mol. The van der Waals surface area contributed by atoms with Crippen molar-refractivity contribution in [1.82, 2.24) is 10.6 Å². The van der Waals surface area contributed by atoms with Crippen molar-refractivity contribution in [3.05, 3.63) is 0 Å². The third-order valence-electron chi connectivity index (χ3n) is 1.08. The van der Waals surface area contributed by atoms with Gasteiger partial charge in [0.15, 0.2) is 0 Å². The molecule has 0 aliphatic carbocycles. The molecule has 0 heterocycles. The van der Waals surface area contributed by atoms with Gasteiger partial charge in [-0.05, 0) is 0 Å². The molecule has 0 fully saturated rings. The molecule has 0 aromatic carbocycles. The van der Waals surface area contributed by atoms with E-state index in [4.69, 9.17) is 7.64 Å². The van der Waals surface area contributed by atoms with Crippen molar-refractivity contribution in [1.29, 1.82) is 0 Å². The molecule has 11 heavy (non-hydrogen) atoms. The third-order valence-corrected chi connectivity index (χ3v) is 1.93. The summed E-state index contributed by atoms with van der Waals surface area (Å²) >= 11 is 1.08. The van der Waals surface area contributed by atoms with Crippen molar-refractivity contribution < 1.29 is 23.3 Å². The van der Waals surface area contributed by atoms with Crippen LogP contribution in [0.15, 0.2) is 0 Å². The summed E-state index contributed by atoms with van der Waals surface area (Å²) in [5.74, 6) is 0. The third kappa shape index (κ3) is 6.75. The number of nitrogens with one attached hydrogen (secondary N) is 2. The Hall–Kier alpha value is 0.359. The first kappa shape index (κ1) is 11.4. The summed E-state index contributed by atoms with van der Waals surface area (Å²) in [7, 11) is 3.65. The Morgan fingerprint density at radius 3 is 1.64 bits per heavy atom. The van der Waals surface area contributed by atoms with Crippen molar-refractivity contribution in [3.63, 3.8) is 0 Å². The molecule has 0 amide bonds. The summed E-state index contributed by atoms with van der Waals surface area (Å²) < 4.78 is 10.2. The van der Waals surface area contributed by atoms with E-state index in [0.29, 0.717) is 0 Å². The summed E-state index contributed by atoms with van der Waals surface area (Å²) in [6, 6.07) is 0. The first-order chi connectivity index (χ1) is 5.20. The first-order valence-corrected chi connectivity index (χ1v) is 4.22.